The highest BCUT2D eigenvalue weighted by molar-refractivity contribution is 7.99. The zero-order chi connectivity index (χ0) is 20.5. The standard InChI is InChI=1S/C16H14N4O5S.C2H6/c1-10-3-2-4-11(9-10)17-16(21)24-7-8-26-13-6-5-12(20(22)23)14-15(13)19-25-18-14;1-2/h2-6,9H,7-8H2,1H3,(H,17,21);1-2H3. The van der Waals surface area contributed by atoms with Crippen molar-refractivity contribution in [2.24, 2.45) is 0 Å². The zero-order valence-corrected chi connectivity index (χ0v) is 16.5. The van der Waals surface area contributed by atoms with Crippen LogP contribution < -0.4 is 5.32 Å². The maximum atomic E-state index is 11.8. The first kappa shape index (κ1) is 21.2. The smallest absolute Gasteiger partial charge is 0.411 e. The molecule has 0 aliphatic heterocycles. The van der Waals surface area contributed by atoms with E-state index in [4.69, 9.17) is 4.74 Å². The second kappa shape index (κ2) is 10.3. The van der Waals surface area contributed by atoms with Gasteiger partial charge in [-0.05, 0) is 41.0 Å². The van der Waals surface area contributed by atoms with E-state index in [0.29, 0.717) is 21.9 Å². The molecule has 148 valence electrons. The molecule has 0 spiro atoms. The fourth-order valence-electron chi connectivity index (χ4n) is 2.26. The van der Waals surface area contributed by atoms with Crippen molar-refractivity contribution in [3.8, 4) is 0 Å². The number of hydrogen-bond donors (Lipinski definition) is 1. The maximum absolute atomic E-state index is 11.8. The number of aromatic nitrogens is 2. The van der Waals surface area contributed by atoms with Crippen molar-refractivity contribution in [2.75, 3.05) is 17.7 Å². The van der Waals surface area contributed by atoms with Crippen LogP contribution in [-0.2, 0) is 4.74 Å². The van der Waals surface area contributed by atoms with E-state index in [1.165, 1.54) is 17.8 Å². The minimum Gasteiger partial charge on any atom is -0.448 e. The van der Waals surface area contributed by atoms with E-state index >= 15 is 0 Å². The molecule has 1 heterocycles. The summed E-state index contributed by atoms with van der Waals surface area (Å²) >= 11 is 1.34. The number of rotatable bonds is 6. The van der Waals surface area contributed by atoms with Crippen LogP contribution in [0.4, 0.5) is 16.2 Å². The lowest BCUT2D eigenvalue weighted by atomic mass is 10.2. The second-order valence-corrected chi connectivity index (χ2v) is 6.42. The lowest BCUT2D eigenvalue weighted by Crippen LogP contribution is -2.15. The maximum Gasteiger partial charge on any atom is 0.411 e. The minimum atomic E-state index is -0.548. The van der Waals surface area contributed by atoms with Crippen molar-refractivity contribution in [1.29, 1.82) is 0 Å². The summed E-state index contributed by atoms with van der Waals surface area (Å²) in [7, 11) is 0. The number of hydrogen-bond acceptors (Lipinski definition) is 8. The molecule has 0 radical (unpaired) electrons. The van der Waals surface area contributed by atoms with E-state index in [1.54, 1.807) is 12.1 Å². The molecule has 0 unspecified atom stereocenters. The summed E-state index contributed by atoms with van der Waals surface area (Å²) in [5.74, 6) is 0.445. The largest absolute Gasteiger partial charge is 0.448 e. The fraction of sp³-hybridized carbons (Fsp3) is 0.278. The average Bonchev–Trinajstić information content (AvgIpc) is 3.16. The molecule has 1 amide bonds. The van der Waals surface area contributed by atoms with Crippen LogP contribution in [0.3, 0.4) is 0 Å². The van der Waals surface area contributed by atoms with Crippen LogP contribution >= 0.6 is 11.8 Å². The molecule has 3 aromatic rings. The number of nitro benzene ring substituents is 1. The Morgan fingerprint density at radius 1 is 1.25 bits per heavy atom. The summed E-state index contributed by atoms with van der Waals surface area (Å²) in [6, 6.07) is 10.3. The third-order valence-corrected chi connectivity index (χ3v) is 4.40. The van der Waals surface area contributed by atoms with Crippen LogP contribution in [0.5, 0.6) is 0 Å². The van der Waals surface area contributed by atoms with Crippen molar-refractivity contribution in [3.63, 3.8) is 0 Å². The lowest BCUT2D eigenvalue weighted by Gasteiger charge is -2.07. The van der Waals surface area contributed by atoms with Crippen LogP contribution in [0.2, 0.25) is 0 Å². The van der Waals surface area contributed by atoms with Crippen LogP contribution in [-0.4, -0.2) is 33.7 Å². The predicted octanol–water partition coefficient (Wildman–Crippen LogP) is 4.81. The van der Waals surface area contributed by atoms with Gasteiger partial charge in [0.25, 0.3) is 0 Å². The molecule has 1 N–H and O–H groups in total. The average molecular weight is 404 g/mol. The van der Waals surface area contributed by atoms with Gasteiger partial charge in [-0.1, -0.05) is 26.0 Å². The monoisotopic (exact) mass is 404 g/mol. The van der Waals surface area contributed by atoms with Crippen LogP contribution in [0.1, 0.15) is 19.4 Å². The lowest BCUT2D eigenvalue weighted by molar-refractivity contribution is -0.383. The van der Waals surface area contributed by atoms with Gasteiger partial charge in [-0.2, -0.15) is 0 Å². The highest BCUT2D eigenvalue weighted by atomic mass is 32.2. The van der Waals surface area contributed by atoms with Crippen molar-refractivity contribution in [2.45, 2.75) is 25.7 Å². The SMILES string of the molecule is CC.Cc1cccc(NC(=O)OCCSc2ccc([N+](=O)[O-])c3nonc23)c1. The molecule has 0 aliphatic rings. The number of nitrogens with zero attached hydrogens (tertiary/aromatic N) is 3. The van der Waals surface area contributed by atoms with E-state index in [-0.39, 0.29) is 17.8 Å². The number of carbonyl (C=O) groups excluding carboxylic acids is 1. The van der Waals surface area contributed by atoms with Gasteiger partial charge in [0.1, 0.15) is 6.61 Å². The first-order valence-electron chi connectivity index (χ1n) is 8.57. The number of carbonyl (C=O) groups is 1. The number of amides is 1. The molecule has 28 heavy (non-hydrogen) atoms. The second-order valence-electron chi connectivity index (χ2n) is 5.28. The molecule has 3 rings (SSSR count). The Hall–Kier alpha value is -3.14. The van der Waals surface area contributed by atoms with Crippen LogP contribution in [0.25, 0.3) is 11.0 Å². The quantitative estimate of drug-likeness (QED) is 0.269. The molecule has 0 fully saturated rings. The number of nitrogens with one attached hydrogen (secondary N) is 1. The number of anilines is 1. The molecule has 0 bridgehead atoms. The highest BCUT2D eigenvalue weighted by Crippen LogP contribution is 2.31. The van der Waals surface area contributed by atoms with Crippen molar-refractivity contribution < 1.29 is 19.1 Å². The van der Waals surface area contributed by atoms with Gasteiger partial charge in [-0.25, -0.2) is 9.42 Å². The number of ether oxygens (including phenoxy) is 1. The fourth-order valence-corrected chi connectivity index (χ4v) is 3.08. The topological polar surface area (TPSA) is 120 Å². The third-order valence-electron chi connectivity index (χ3n) is 3.39. The zero-order valence-electron chi connectivity index (χ0n) is 15.7. The summed E-state index contributed by atoms with van der Waals surface area (Å²) in [6.07, 6.45) is -0.548. The van der Waals surface area contributed by atoms with Gasteiger partial charge in [0.05, 0.1) is 4.92 Å². The molecule has 10 heteroatoms. The van der Waals surface area contributed by atoms with E-state index in [0.717, 1.165) is 5.56 Å². The molecule has 9 nitrogen and oxygen atoms in total. The molecule has 0 saturated heterocycles. The van der Waals surface area contributed by atoms with E-state index in [1.807, 2.05) is 39.0 Å². The molecular weight excluding hydrogens is 384 g/mol. The first-order valence-corrected chi connectivity index (χ1v) is 9.56. The number of benzene rings is 2. The summed E-state index contributed by atoms with van der Waals surface area (Å²) in [4.78, 5) is 22.8. The Morgan fingerprint density at radius 2 is 2.00 bits per heavy atom. The molecule has 2 aromatic carbocycles. The summed E-state index contributed by atoms with van der Waals surface area (Å²) in [5, 5.41) is 20.9. The molecular formula is C18H20N4O5S. The highest BCUT2D eigenvalue weighted by Gasteiger charge is 2.19. The number of fused-ring (bicyclic) bond motifs is 1. The Labute approximate surface area is 165 Å². The van der Waals surface area contributed by atoms with Gasteiger partial charge in [0, 0.05) is 22.4 Å². The van der Waals surface area contributed by atoms with Gasteiger partial charge in [-0.15, -0.1) is 11.8 Å². The van der Waals surface area contributed by atoms with Crippen molar-refractivity contribution in [3.05, 3.63) is 52.1 Å². The number of non-ortho nitro benzene ring substituents is 1. The Balaban J connectivity index is 0.00000136. The molecule has 0 atom stereocenters. The normalized spacial score (nSPS) is 10.1. The molecule has 0 saturated carbocycles. The number of aryl methyl sites for hydroxylation is 1. The summed E-state index contributed by atoms with van der Waals surface area (Å²) < 4.78 is 9.73. The van der Waals surface area contributed by atoms with Gasteiger partial charge in [-0.3, -0.25) is 15.4 Å². The summed E-state index contributed by atoms with van der Waals surface area (Å²) in [6.45, 7) is 6.09. The Morgan fingerprint density at radius 3 is 2.71 bits per heavy atom. The van der Waals surface area contributed by atoms with Gasteiger partial charge >= 0.3 is 11.8 Å². The van der Waals surface area contributed by atoms with Gasteiger partial charge < -0.3 is 4.74 Å². The van der Waals surface area contributed by atoms with E-state index in [2.05, 4.69) is 20.3 Å². The van der Waals surface area contributed by atoms with E-state index in [9.17, 15) is 14.9 Å². The number of thioether (sulfide) groups is 1. The minimum absolute atomic E-state index is 0.0955. The van der Waals surface area contributed by atoms with Gasteiger partial charge in [0.2, 0.25) is 5.52 Å². The summed E-state index contributed by atoms with van der Waals surface area (Å²) in [5.41, 5.74) is 1.93. The van der Waals surface area contributed by atoms with Gasteiger partial charge in [0.15, 0.2) is 5.52 Å². The molecule has 0 aliphatic carbocycles. The van der Waals surface area contributed by atoms with Crippen LogP contribution in [0.15, 0.2) is 45.9 Å². The van der Waals surface area contributed by atoms with E-state index < -0.39 is 11.0 Å². The number of nitro groups is 1. The van der Waals surface area contributed by atoms with Crippen molar-refractivity contribution in [1.82, 2.24) is 10.3 Å². The van der Waals surface area contributed by atoms with Crippen LogP contribution in [0, 0.1) is 17.0 Å². The Bertz CT molecular complexity index is 960. The molecule has 1 aromatic heterocycles. The third kappa shape index (κ3) is 5.43. The van der Waals surface area contributed by atoms with Crippen molar-refractivity contribution >= 4 is 40.3 Å². The first-order chi connectivity index (χ1) is 13.5. The predicted molar refractivity (Wildman–Crippen MR) is 107 cm³/mol. The Kier molecular flexibility index (Phi) is 7.76.